The van der Waals surface area contributed by atoms with Crippen molar-refractivity contribution < 1.29 is 0 Å². The van der Waals surface area contributed by atoms with Gasteiger partial charge in [0.15, 0.2) is 5.96 Å². The van der Waals surface area contributed by atoms with Gasteiger partial charge in [0.05, 0.1) is 0 Å². The van der Waals surface area contributed by atoms with E-state index in [2.05, 4.69) is 32.3 Å². The minimum absolute atomic E-state index is 0.388. The Bertz CT molecular complexity index is 252. The lowest BCUT2D eigenvalue weighted by atomic mass is 10.2. The van der Waals surface area contributed by atoms with E-state index >= 15 is 0 Å². The average Bonchev–Trinajstić information content (AvgIpc) is 2.16. The molecule has 0 fully saturated rings. The van der Waals surface area contributed by atoms with E-state index < -0.39 is 0 Å². The summed E-state index contributed by atoms with van der Waals surface area (Å²) < 4.78 is 0. The van der Waals surface area contributed by atoms with Gasteiger partial charge in [-0.1, -0.05) is 24.3 Å². The fraction of sp³-hybridized carbons (Fsp3) is 0.583. The predicted molar refractivity (Wildman–Crippen MR) is 68.0 cm³/mol. The maximum atomic E-state index is 5.81. The van der Waals surface area contributed by atoms with Gasteiger partial charge < -0.3 is 10.6 Å². The minimum atomic E-state index is 0.388. The van der Waals surface area contributed by atoms with Crippen molar-refractivity contribution in [3.63, 3.8) is 0 Å². The molecular weight excluding hydrogens is 186 g/mol. The Morgan fingerprint density at radius 3 is 2.60 bits per heavy atom. The molecule has 0 saturated heterocycles. The highest BCUT2D eigenvalue weighted by molar-refractivity contribution is 5.78. The molecule has 0 radical (unpaired) electrons. The molecule has 0 heterocycles. The first-order valence-corrected chi connectivity index (χ1v) is 5.30. The quantitative estimate of drug-likeness (QED) is 0.428. The number of guanidine groups is 1. The fourth-order valence-corrected chi connectivity index (χ4v) is 1.01. The van der Waals surface area contributed by atoms with Gasteiger partial charge in [-0.15, -0.1) is 0 Å². The number of nitrogens with zero attached hydrogens (tertiary/aromatic N) is 2. The van der Waals surface area contributed by atoms with Crippen molar-refractivity contribution in [1.29, 1.82) is 0 Å². The molecule has 0 bridgehead atoms. The summed E-state index contributed by atoms with van der Waals surface area (Å²) in [5.41, 5.74) is 7.09. The second-order valence-electron chi connectivity index (χ2n) is 3.94. The van der Waals surface area contributed by atoms with Crippen LogP contribution < -0.4 is 5.73 Å². The number of nitrogens with two attached hydrogens (primary N) is 1. The Morgan fingerprint density at radius 2 is 2.13 bits per heavy atom. The minimum Gasteiger partial charge on any atom is -0.370 e. The molecule has 0 aliphatic rings. The van der Waals surface area contributed by atoms with Crippen LogP contribution in [-0.2, 0) is 0 Å². The van der Waals surface area contributed by atoms with Crippen molar-refractivity contribution >= 4 is 5.96 Å². The molecular formula is C12H23N3. The molecule has 0 saturated carbocycles. The summed E-state index contributed by atoms with van der Waals surface area (Å²) in [7, 11) is 1.95. The van der Waals surface area contributed by atoms with Gasteiger partial charge in [0.25, 0.3) is 0 Å². The van der Waals surface area contributed by atoms with E-state index in [9.17, 15) is 0 Å². The van der Waals surface area contributed by atoms with E-state index in [1.165, 1.54) is 5.57 Å². The number of hydrogen-bond acceptors (Lipinski definition) is 1. The third-order valence-electron chi connectivity index (χ3n) is 2.32. The lowest BCUT2D eigenvalue weighted by Gasteiger charge is -2.22. The van der Waals surface area contributed by atoms with Gasteiger partial charge in [-0.25, -0.2) is 0 Å². The number of hydrogen-bond donors (Lipinski definition) is 1. The summed E-state index contributed by atoms with van der Waals surface area (Å²) in [6.45, 7) is 10.6. The fourth-order valence-electron chi connectivity index (χ4n) is 1.01. The topological polar surface area (TPSA) is 41.6 Å². The van der Waals surface area contributed by atoms with Gasteiger partial charge in [-0.05, 0) is 27.2 Å². The third-order valence-corrected chi connectivity index (χ3v) is 2.32. The first kappa shape index (κ1) is 13.8. The molecule has 3 heteroatoms. The van der Waals surface area contributed by atoms with Crippen LogP contribution in [0.5, 0.6) is 0 Å². The summed E-state index contributed by atoms with van der Waals surface area (Å²) in [5.74, 6) is 0.608. The van der Waals surface area contributed by atoms with Gasteiger partial charge in [-0.3, -0.25) is 4.99 Å². The summed E-state index contributed by atoms with van der Waals surface area (Å²) >= 11 is 0. The molecule has 0 atom stereocenters. The Balaban J connectivity index is 4.06. The molecule has 2 N–H and O–H groups in total. The molecule has 86 valence electrons. The molecule has 0 aliphatic carbocycles. The highest BCUT2D eigenvalue weighted by Crippen LogP contribution is 2.00. The lowest BCUT2D eigenvalue weighted by Crippen LogP contribution is -2.39. The summed E-state index contributed by atoms with van der Waals surface area (Å²) in [6, 6.07) is 0.388. The molecule has 0 aromatic rings. The lowest BCUT2D eigenvalue weighted by molar-refractivity contribution is 0.411. The molecule has 3 nitrogen and oxygen atoms in total. The SMILES string of the molecule is C=C/C=C(/C)CCN=C(N)N(C)C(C)C. The normalized spacial score (nSPS) is 13.1. The second-order valence-corrected chi connectivity index (χ2v) is 3.94. The van der Waals surface area contributed by atoms with Gasteiger partial charge in [0.1, 0.15) is 0 Å². The molecule has 0 aromatic carbocycles. The molecule has 0 unspecified atom stereocenters. The second kappa shape index (κ2) is 7.10. The van der Waals surface area contributed by atoms with Crippen molar-refractivity contribution in [2.24, 2.45) is 10.7 Å². The van der Waals surface area contributed by atoms with Gasteiger partial charge in [-0.2, -0.15) is 0 Å². The average molecular weight is 209 g/mol. The van der Waals surface area contributed by atoms with Crippen LogP contribution in [0.3, 0.4) is 0 Å². The zero-order valence-electron chi connectivity index (χ0n) is 10.3. The van der Waals surface area contributed by atoms with Crippen LogP contribution in [0.2, 0.25) is 0 Å². The first-order chi connectivity index (χ1) is 6.99. The van der Waals surface area contributed by atoms with E-state index in [0.29, 0.717) is 12.0 Å². The van der Waals surface area contributed by atoms with Crippen molar-refractivity contribution in [2.45, 2.75) is 33.2 Å². The van der Waals surface area contributed by atoms with E-state index in [1.807, 2.05) is 18.0 Å². The Kier molecular flexibility index (Phi) is 6.50. The van der Waals surface area contributed by atoms with Gasteiger partial charge >= 0.3 is 0 Å². The van der Waals surface area contributed by atoms with E-state index in [1.54, 1.807) is 6.08 Å². The van der Waals surface area contributed by atoms with Crippen molar-refractivity contribution in [3.8, 4) is 0 Å². The van der Waals surface area contributed by atoms with Crippen LogP contribution in [0.4, 0.5) is 0 Å². The largest absolute Gasteiger partial charge is 0.370 e. The van der Waals surface area contributed by atoms with E-state index in [-0.39, 0.29) is 0 Å². The maximum absolute atomic E-state index is 5.81. The van der Waals surface area contributed by atoms with Crippen LogP contribution in [-0.4, -0.2) is 30.5 Å². The number of allylic oxidation sites excluding steroid dienone is 2. The maximum Gasteiger partial charge on any atom is 0.191 e. The number of rotatable bonds is 5. The zero-order chi connectivity index (χ0) is 11.8. The molecule has 0 aromatic heterocycles. The number of aliphatic imine (C=N–C) groups is 1. The summed E-state index contributed by atoms with van der Waals surface area (Å²) in [5, 5.41) is 0. The Morgan fingerprint density at radius 1 is 1.53 bits per heavy atom. The summed E-state index contributed by atoms with van der Waals surface area (Å²) in [6.07, 6.45) is 4.72. The van der Waals surface area contributed by atoms with Crippen LogP contribution in [0, 0.1) is 0 Å². The highest BCUT2D eigenvalue weighted by atomic mass is 15.2. The van der Waals surface area contributed by atoms with Crippen molar-refractivity contribution in [2.75, 3.05) is 13.6 Å². The third kappa shape index (κ3) is 5.94. The summed E-state index contributed by atoms with van der Waals surface area (Å²) in [4.78, 5) is 6.28. The molecule has 0 aliphatic heterocycles. The monoisotopic (exact) mass is 209 g/mol. The van der Waals surface area contributed by atoms with Crippen LogP contribution in [0.15, 0.2) is 29.3 Å². The smallest absolute Gasteiger partial charge is 0.191 e. The Hall–Kier alpha value is -1.25. The van der Waals surface area contributed by atoms with E-state index in [0.717, 1.165) is 13.0 Å². The first-order valence-electron chi connectivity index (χ1n) is 5.30. The zero-order valence-corrected chi connectivity index (χ0v) is 10.3. The van der Waals surface area contributed by atoms with Crippen LogP contribution >= 0.6 is 0 Å². The molecule has 0 amide bonds. The molecule has 0 rings (SSSR count). The van der Waals surface area contributed by atoms with Gasteiger partial charge in [0, 0.05) is 19.6 Å². The van der Waals surface area contributed by atoms with Gasteiger partial charge in [0.2, 0.25) is 0 Å². The molecule has 15 heavy (non-hydrogen) atoms. The van der Waals surface area contributed by atoms with Crippen molar-refractivity contribution in [3.05, 3.63) is 24.3 Å². The Labute approximate surface area is 93.4 Å². The van der Waals surface area contributed by atoms with Crippen molar-refractivity contribution in [1.82, 2.24) is 4.90 Å². The predicted octanol–water partition coefficient (Wildman–Crippen LogP) is 2.16. The van der Waals surface area contributed by atoms with E-state index in [4.69, 9.17) is 5.73 Å². The van der Waals surface area contributed by atoms with Crippen LogP contribution in [0.25, 0.3) is 0 Å². The van der Waals surface area contributed by atoms with Crippen LogP contribution in [0.1, 0.15) is 27.2 Å². The standard InChI is InChI=1S/C12H23N3/c1-6-7-11(4)8-9-14-12(13)15(5)10(2)3/h6-7,10H,1,8-9H2,2-5H3,(H2,13,14)/b11-7-. The highest BCUT2D eigenvalue weighted by Gasteiger charge is 2.04. The molecule has 0 spiro atoms.